The molecule has 1 heterocycles. The highest BCUT2D eigenvalue weighted by Gasteiger charge is 2.33. The Morgan fingerprint density at radius 1 is 1.29 bits per heavy atom. The number of aliphatic hydroxyl groups excluding tert-OH is 1. The van der Waals surface area contributed by atoms with Gasteiger partial charge in [0.15, 0.2) is 0 Å². The van der Waals surface area contributed by atoms with Crippen molar-refractivity contribution in [3.8, 4) is 0 Å². The Balaban J connectivity index is 1.58. The zero-order chi connectivity index (χ0) is 14.8. The summed E-state index contributed by atoms with van der Waals surface area (Å²) in [6, 6.07) is 8.21. The van der Waals surface area contributed by atoms with Gasteiger partial charge in [0, 0.05) is 30.7 Å². The van der Waals surface area contributed by atoms with Gasteiger partial charge in [-0.05, 0) is 49.1 Å². The summed E-state index contributed by atoms with van der Waals surface area (Å²) in [6.45, 7) is 2.79. The molecule has 1 aromatic carbocycles. The number of nitrogens with zero attached hydrogens (tertiary/aromatic N) is 1. The van der Waals surface area contributed by atoms with Gasteiger partial charge in [0.25, 0.3) is 0 Å². The number of hydrogen-bond acceptors (Lipinski definition) is 3. The Morgan fingerprint density at radius 3 is 2.76 bits per heavy atom. The summed E-state index contributed by atoms with van der Waals surface area (Å²) >= 11 is 6.25. The first-order valence-corrected chi connectivity index (χ1v) is 8.39. The molecular weight excluding hydrogens is 284 g/mol. The quantitative estimate of drug-likeness (QED) is 0.879. The van der Waals surface area contributed by atoms with E-state index in [-0.39, 0.29) is 12.1 Å². The van der Waals surface area contributed by atoms with Crippen molar-refractivity contribution in [1.29, 1.82) is 0 Å². The van der Waals surface area contributed by atoms with E-state index in [1.54, 1.807) is 0 Å². The first kappa shape index (κ1) is 15.3. The van der Waals surface area contributed by atoms with Gasteiger partial charge in [-0.3, -0.25) is 4.90 Å². The van der Waals surface area contributed by atoms with Crippen LogP contribution < -0.4 is 5.73 Å². The van der Waals surface area contributed by atoms with Gasteiger partial charge in [-0.15, -0.1) is 0 Å². The van der Waals surface area contributed by atoms with Crippen molar-refractivity contribution < 1.29 is 5.11 Å². The van der Waals surface area contributed by atoms with Crippen LogP contribution in [0.2, 0.25) is 5.02 Å². The highest BCUT2D eigenvalue weighted by Crippen LogP contribution is 2.36. The predicted octanol–water partition coefficient (Wildman–Crippen LogP) is 2.65. The summed E-state index contributed by atoms with van der Waals surface area (Å²) in [6.07, 6.45) is 4.20. The van der Waals surface area contributed by atoms with Crippen LogP contribution in [0.5, 0.6) is 0 Å². The van der Waals surface area contributed by atoms with E-state index in [1.165, 1.54) is 12.8 Å². The largest absolute Gasteiger partial charge is 0.393 e. The summed E-state index contributed by atoms with van der Waals surface area (Å²) in [5.74, 6) is 1.06. The maximum atomic E-state index is 10.2. The van der Waals surface area contributed by atoms with Gasteiger partial charge in [-0.25, -0.2) is 0 Å². The molecule has 0 bridgehead atoms. The molecule has 4 heteroatoms. The molecule has 1 aliphatic heterocycles. The molecule has 2 aliphatic rings. The van der Waals surface area contributed by atoms with Gasteiger partial charge >= 0.3 is 0 Å². The van der Waals surface area contributed by atoms with Crippen molar-refractivity contribution in [3.05, 3.63) is 34.9 Å². The second-order valence-electron chi connectivity index (χ2n) is 6.79. The van der Waals surface area contributed by atoms with Crippen molar-refractivity contribution >= 4 is 11.6 Å². The summed E-state index contributed by atoms with van der Waals surface area (Å²) < 4.78 is 0. The Kier molecular flexibility index (Phi) is 4.85. The lowest BCUT2D eigenvalue weighted by Gasteiger charge is -2.37. The Hall–Kier alpha value is -0.610. The second kappa shape index (κ2) is 6.66. The highest BCUT2D eigenvalue weighted by molar-refractivity contribution is 6.31. The van der Waals surface area contributed by atoms with Gasteiger partial charge in [0.2, 0.25) is 0 Å². The molecule has 1 aliphatic carbocycles. The van der Waals surface area contributed by atoms with Crippen LogP contribution in [0.1, 0.15) is 31.2 Å². The van der Waals surface area contributed by atoms with Gasteiger partial charge in [-0.2, -0.15) is 0 Å². The highest BCUT2D eigenvalue weighted by atomic mass is 35.5. The van der Waals surface area contributed by atoms with Crippen LogP contribution in [0, 0.1) is 11.8 Å². The number of aliphatic hydroxyl groups is 1. The predicted molar refractivity (Wildman–Crippen MR) is 86.2 cm³/mol. The third kappa shape index (κ3) is 4.19. The van der Waals surface area contributed by atoms with Crippen LogP contribution in [-0.2, 0) is 6.54 Å². The first-order valence-electron chi connectivity index (χ1n) is 8.01. The monoisotopic (exact) mass is 308 g/mol. The van der Waals surface area contributed by atoms with Gasteiger partial charge < -0.3 is 10.8 Å². The van der Waals surface area contributed by atoms with Crippen LogP contribution in [0.3, 0.4) is 0 Å². The first-order chi connectivity index (χ1) is 10.1. The van der Waals surface area contributed by atoms with E-state index in [1.807, 2.05) is 18.2 Å². The molecule has 0 spiro atoms. The average molecular weight is 309 g/mol. The lowest BCUT2D eigenvalue weighted by Crippen LogP contribution is -2.47. The molecule has 1 saturated carbocycles. The molecule has 0 amide bonds. The minimum atomic E-state index is -0.123. The fourth-order valence-corrected chi connectivity index (χ4v) is 3.73. The lowest BCUT2D eigenvalue weighted by molar-refractivity contribution is 0.0781. The molecule has 1 aromatic rings. The Labute approximate surface area is 132 Å². The molecule has 3 unspecified atom stereocenters. The third-order valence-corrected chi connectivity index (χ3v) is 5.11. The topological polar surface area (TPSA) is 49.5 Å². The number of rotatable bonds is 5. The molecule has 3 atom stereocenters. The van der Waals surface area contributed by atoms with Gasteiger partial charge in [-0.1, -0.05) is 29.8 Å². The van der Waals surface area contributed by atoms with E-state index < -0.39 is 0 Å². The summed E-state index contributed by atoms with van der Waals surface area (Å²) in [4.78, 5) is 2.39. The molecule has 1 saturated heterocycles. The molecular formula is C17H25ClN2O. The zero-order valence-corrected chi connectivity index (χ0v) is 13.2. The van der Waals surface area contributed by atoms with E-state index in [0.717, 1.165) is 43.1 Å². The van der Waals surface area contributed by atoms with Crippen LogP contribution in [0.15, 0.2) is 24.3 Å². The Morgan fingerprint density at radius 2 is 2.05 bits per heavy atom. The molecule has 3 N–H and O–H groups in total. The van der Waals surface area contributed by atoms with Crippen molar-refractivity contribution in [1.82, 2.24) is 4.90 Å². The number of piperidine rings is 1. The molecule has 0 aromatic heterocycles. The van der Waals surface area contributed by atoms with Crippen LogP contribution >= 0.6 is 11.6 Å². The van der Waals surface area contributed by atoms with Gasteiger partial charge in [0.1, 0.15) is 0 Å². The molecule has 2 fully saturated rings. The standard InChI is InChI=1S/C17H25ClN2O/c18-16-4-2-1-3-14(16)10-20-9-12(7-15(19)11-20)8-17(21)13-5-6-13/h1-4,12-13,15,17,21H,5-11,19H2. The molecule has 116 valence electrons. The van der Waals surface area contributed by atoms with E-state index in [4.69, 9.17) is 17.3 Å². The summed E-state index contributed by atoms with van der Waals surface area (Å²) in [7, 11) is 0. The minimum Gasteiger partial charge on any atom is -0.393 e. The number of halogens is 1. The fraction of sp³-hybridized carbons (Fsp3) is 0.647. The van der Waals surface area contributed by atoms with Crippen molar-refractivity contribution in [2.24, 2.45) is 17.6 Å². The van der Waals surface area contributed by atoms with Gasteiger partial charge in [0.05, 0.1) is 6.10 Å². The van der Waals surface area contributed by atoms with E-state index in [9.17, 15) is 5.11 Å². The molecule has 0 radical (unpaired) electrons. The minimum absolute atomic E-state index is 0.123. The average Bonchev–Trinajstić information content (AvgIpc) is 3.25. The molecule has 3 rings (SSSR count). The van der Waals surface area contributed by atoms with E-state index in [0.29, 0.717) is 11.8 Å². The molecule has 21 heavy (non-hydrogen) atoms. The molecule has 3 nitrogen and oxygen atoms in total. The fourth-order valence-electron chi connectivity index (χ4n) is 3.53. The third-order valence-electron chi connectivity index (χ3n) is 4.74. The second-order valence-corrected chi connectivity index (χ2v) is 7.19. The SMILES string of the molecule is NC1CC(CC(O)C2CC2)CN(Cc2ccccc2Cl)C1. The number of hydrogen-bond donors (Lipinski definition) is 2. The van der Waals surface area contributed by atoms with E-state index >= 15 is 0 Å². The number of nitrogens with two attached hydrogens (primary N) is 1. The summed E-state index contributed by atoms with van der Waals surface area (Å²) in [5.41, 5.74) is 7.38. The summed E-state index contributed by atoms with van der Waals surface area (Å²) in [5, 5.41) is 11.0. The van der Waals surface area contributed by atoms with Crippen molar-refractivity contribution in [2.75, 3.05) is 13.1 Å². The smallest absolute Gasteiger partial charge is 0.0571 e. The van der Waals surface area contributed by atoms with Crippen LogP contribution in [0.25, 0.3) is 0 Å². The number of likely N-dealkylation sites (tertiary alicyclic amines) is 1. The van der Waals surface area contributed by atoms with Crippen LogP contribution in [-0.4, -0.2) is 35.2 Å². The maximum Gasteiger partial charge on any atom is 0.0571 e. The Bertz CT molecular complexity index is 478. The maximum absolute atomic E-state index is 10.2. The number of benzene rings is 1. The normalized spacial score (nSPS) is 28.5. The van der Waals surface area contributed by atoms with Crippen molar-refractivity contribution in [3.63, 3.8) is 0 Å². The zero-order valence-electron chi connectivity index (χ0n) is 12.4. The van der Waals surface area contributed by atoms with Crippen molar-refractivity contribution in [2.45, 2.75) is 44.4 Å². The lowest BCUT2D eigenvalue weighted by atomic mass is 9.88. The van der Waals surface area contributed by atoms with Crippen LogP contribution in [0.4, 0.5) is 0 Å². The van der Waals surface area contributed by atoms with E-state index in [2.05, 4.69) is 11.0 Å².